The van der Waals surface area contributed by atoms with Crippen molar-refractivity contribution >= 4 is 41.0 Å². The summed E-state index contributed by atoms with van der Waals surface area (Å²) in [7, 11) is 0. The van der Waals surface area contributed by atoms with E-state index in [-0.39, 0.29) is 24.2 Å². The van der Waals surface area contributed by atoms with Crippen molar-refractivity contribution < 1.29 is 9.21 Å². The smallest absolute Gasteiger partial charge is 0.227 e. The molecule has 0 atom stereocenters. The zero-order valence-corrected chi connectivity index (χ0v) is 15.6. The minimum absolute atomic E-state index is 0. The van der Waals surface area contributed by atoms with Gasteiger partial charge in [-0.2, -0.15) is 4.98 Å². The number of amides is 1. The second-order valence-corrected chi connectivity index (χ2v) is 6.49. The molecule has 3 heterocycles. The third-order valence-electron chi connectivity index (χ3n) is 4.78. The van der Waals surface area contributed by atoms with Crippen LogP contribution in [0.3, 0.4) is 0 Å². The highest BCUT2D eigenvalue weighted by molar-refractivity contribution is 5.90. The lowest BCUT2D eigenvalue weighted by Crippen LogP contribution is -2.39. The van der Waals surface area contributed by atoms with Crippen molar-refractivity contribution in [2.24, 2.45) is 11.7 Å². The first kappa shape index (κ1) is 19.0. The first-order chi connectivity index (χ1) is 12.7. The molecule has 0 saturated carbocycles. The number of nitrogens with one attached hydrogen (secondary N) is 1. The molecule has 3 aromatic rings. The summed E-state index contributed by atoms with van der Waals surface area (Å²) < 4.78 is 5.39. The van der Waals surface area contributed by atoms with Gasteiger partial charge < -0.3 is 20.4 Å². The van der Waals surface area contributed by atoms with Crippen molar-refractivity contribution in [3.8, 4) is 0 Å². The van der Waals surface area contributed by atoms with Gasteiger partial charge in [0.2, 0.25) is 11.9 Å². The Labute approximate surface area is 163 Å². The minimum atomic E-state index is -0.218. The SMILES string of the molecule is Cl.NC(=O)C1CCN(c2nc(NCc3ccco3)c3ccccc3n2)CC1. The zero-order chi connectivity index (χ0) is 17.9. The maximum Gasteiger partial charge on any atom is 0.227 e. The minimum Gasteiger partial charge on any atom is -0.467 e. The third kappa shape index (κ3) is 4.14. The Morgan fingerprint density at radius 2 is 1.96 bits per heavy atom. The molecular weight excluding hydrogens is 366 g/mol. The van der Waals surface area contributed by atoms with E-state index in [0.29, 0.717) is 12.5 Å². The van der Waals surface area contributed by atoms with E-state index in [1.54, 1.807) is 6.26 Å². The van der Waals surface area contributed by atoms with Gasteiger partial charge in [0.15, 0.2) is 0 Å². The average Bonchev–Trinajstić information content (AvgIpc) is 3.19. The highest BCUT2D eigenvalue weighted by Gasteiger charge is 2.25. The van der Waals surface area contributed by atoms with Crippen molar-refractivity contribution in [2.45, 2.75) is 19.4 Å². The number of anilines is 2. The molecule has 1 aliphatic heterocycles. The van der Waals surface area contributed by atoms with Crippen LogP contribution in [0.2, 0.25) is 0 Å². The first-order valence-electron chi connectivity index (χ1n) is 8.78. The van der Waals surface area contributed by atoms with E-state index in [1.807, 2.05) is 36.4 Å². The number of rotatable bonds is 5. The molecule has 27 heavy (non-hydrogen) atoms. The number of primary amides is 1. The van der Waals surface area contributed by atoms with Crippen molar-refractivity contribution in [2.75, 3.05) is 23.3 Å². The molecule has 0 spiro atoms. The number of halogens is 1. The van der Waals surface area contributed by atoms with Crippen LogP contribution in [-0.2, 0) is 11.3 Å². The largest absolute Gasteiger partial charge is 0.467 e. The molecule has 1 fully saturated rings. The van der Waals surface area contributed by atoms with Gasteiger partial charge in [-0.25, -0.2) is 4.98 Å². The fraction of sp³-hybridized carbons (Fsp3) is 0.316. The molecule has 7 nitrogen and oxygen atoms in total. The highest BCUT2D eigenvalue weighted by atomic mass is 35.5. The molecule has 2 aromatic heterocycles. The number of furan rings is 1. The van der Waals surface area contributed by atoms with E-state index in [2.05, 4.69) is 10.2 Å². The topological polar surface area (TPSA) is 97.3 Å². The molecule has 4 rings (SSSR count). The molecule has 1 aromatic carbocycles. The Morgan fingerprint density at radius 1 is 1.19 bits per heavy atom. The monoisotopic (exact) mass is 387 g/mol. The second kappa shape index (κ2) is 8.26. The van der Waals surface area contributed by atoms with Crippen molar-refractivity contribution in [3.05, 3.63) is 48.4 Å². The zero-order valence-electron chi connectivity index (χ0n) is 14.8. The van der Waals surface area contributed by atoms with Gasteiger partial charge in [0.05, 0.1) is 18.3 Å². The van der Waals surface area contributed by atoms with Crippen LogP contribution in [0.5, 0.6) is 0 Å². The maximum atomic E-state index is 11.4. The molecule has 0 radical (unpaired) electrons. The van der Waals surface area contributed by atoms with Crippen LogP contribution in [0, 0.1) is 5.92 Å². The molecule has 0 bridgehead atoms. The number of benzene rings is 1. The molecule has 1 amide bonds. The standard InChI is InChI=1S/C19H21N5O2.ClH/c20-17(25)13-7-9-24(10-8-13)19-22-16-6-2-1-5-15(16)18(23-19)21-12-14-4-3-11-26-14;/h1-6,11,13H,7-10,12H2,(H2,20,25)(H,21,22,23);1H. The van der Waals surface area contributed by atoms with Crippen molar-refractivity contribution in [1.82, 2.24) is 9.97 Å². The summed E-state index contributed by atoms with van der Waals surface area (Å²) in [6.45, 7) is 2.00. The van der Waals surface area contributed by atoms with E-state index < -0.39 is 0 Å². The molecule has 1 saturated heterocycles. The molecular formula is C19H22ClN5O2. The summed E-state index contributed by atoms with van der Waals surface area (Å²) in [5.74, 6) is 2.03. The van der Waals surface area contributed by atoms with Gasteiger partial charge in [-0.05, 0) is 37.1 Å². The van der Waals surface area contributed by atoms with Crippen LogP contribution >= 0.6 is 12.4 Å². The Hall–Kier alpha value is -2.80. The van der Waals surface area contributed by atoms with Crippen LogP contribution in [-0.4, -0.2) is 29.0 Å². The number of piperidine rings is 1. The summed E-state index contributed by atoms with van der Waals surface area (Å²) in [6, 6.07) is 11.7. The summed E-state index contributed by atoms with van der Waals surface area (Å²) in [5.41, 5.74) is 6.31. The molecule has 0 unspecified atom stereocenters. The fourth-order valence-corrected chi connectivity index (χ4v) is 3.29. The number of fused-ring (bicyclic) bond motifs is 1. The lowest BCUT2D eigenvalue weighted by Gasteiger charge is -2.30. The molecule has 1 aliphatic rings. The van der Waals surface area contributed by atoms with Crippen LogP contribution < -0.4 is 16.0 Å². The highest BCUT2D eigenvalue weighted by Crippen LogP contribution is 2.26. The molecule has 3 N–H and O–H groups in total. The Balaban J connectivity index is 0.00000210. The number of carbonyl (C=O) groups is 1. The first-order valence-corrected chi connectivity index (χ1v) is 8.78. The van der Waals surface area contributed by atoms with Crippen LogP contribution in [0.1, 0.15) is 18.6 Å². The fourth-order valence-electron chi connectivity index (χ4n) is 3.29. The van der Waals surface area contributed by atoms with Gasteiger partial charge in [-0.3, -0.25) is 4.79 Å². The third-order valence-corrected chi connectivity index (χ3v) is 4.78. The lowest BCUT2D eigenvalue weighted by atomic mass is 9.96. The van der Waals surface area contributed by atoms with Crippen molar-refractivity contribution in [3.63, 3.8) is 0 Å². The number of carbonyl (C=O) groups excluding carboxylic acids is 1. The number of nitrogens with two attached hydrogens (primary N) is 1. The van der Waals surface area contributed by atoms with E-state index in [4.69, 9.17) is 20.1 Å². The van der Waals surface area contributed by atoms with Gasteiger partial charge in [0, 0.05) is 24.4 Å². The van der Waals surface area contributed by atoms with E-state index >= 15 is 0 Å². The normalized spacial score (nSPS) is 14.7. The van der Waals surface area contributed by atoms with Gasteiger partial charge >= 0.3 is 0 Å². The second-order valence-electron chi connectivity index (χ2n) is 6.49. The van der Waals surface area contributed by atoms with E-state index in [1.165, 1.54) is 0 Å². The van der Waals surface area contributed by atoms with Gasteiger partial charge in [-0.1, -0.05) is 12.1 Å². The lowest BCUT2D eigenvalue weighted by molar-refractivity contribution is -0.122. The van der Waals surface area contributed by atoms with Gasteiger partial charge in [-0.15, -0.1) is 12.4 Å². The summed E-state index contributed by atoms with van der Waals surface area (Å²) in [5, 5.41) is 4.32. The van der Waals surface area contributed by atoms with Gasteiger partial charge in [0.25, 0.3) is 0 Å². The summed E-state index contributed by atoms with van der Waals surface area (Å²) in [6.07, 6.45) is 3.13. The predicted octanol–water partition coefficient (Wildman–Crippen LogP) is 2.96. The van der Waals surface area contributed by atoms with Gasteiger partial charge in [0.1, 0.15) is 11.6 Å². The summed E-state index contributed by atoms with van der Waals surface area (Å²) >= 11 is 0. The van der Waals surface area contributed by atoms with Crippen LogP contribution in [0.15, 0.2) is 47.1 Å². The predicted molar refractivity (Wildman–Crippen MR) is 107 cm³/mol. The molecule has 8 heteroatoms. The quantitative estimate of drug-likeness (QED) is 0.698. The molecule has 0 aliphatic carbocycles. The van der Waals surface area contributed by atoms with E-state index in [0.717, 1.165) is 48.4 Å². The number of aromatic nitrogens is 2. The average molecular weight is 388 g/mol. The Kier molecular flexibility index (Phi) is 5.81. The van der Waals surface area contributed by atoms with Crippen molar-refractivity contribution in [1.29, 1.82) is 0 Å². The maximum absolute atomic E-state index is 11.4. The number of para-hydroxylation sites is 1. The van der Waals surface area contributed by atoms with E-state index in [9.17, 15) is 4.79 Å². The Bertz CT molecular complexity index is 908. The number of hydrogen-bond donors (Lipinski definition) is 2. The van der Waals surface area contributed by atoms with Crippen LogP contribution in [0.25, 0.3) is 10.9 Å². The number of nitrogens with zero attached hydrogens (tertiary/aromatic N) is 3. The Morgan fingerprint density at radius 3 is 2.67 bits per heavy atom. The number of hydrogen-bond acceptors (Lipinski definition) is 6. The van der Waals surface area contributed by atoms with Crippen LogP contribution in [0.4, 0.5) is 11.8 Å². The molecule has 142 valence electrons. The summed E-state index contributed by atoms with van der Waals surface area (Å²) in [4.78, 5) is 22.9.